The molecule has 33 heavy (non-hydrogen) atoms. The third kappa shape index (κ3) is 3.64. The zero-order valence-electron chi connectivity index (χ0n) is 18.1. The van der Waals surface area contributed by atoms with E-state index in [9.17, 15) is 24.6 Å². The Balaban J connectivity index is 1.28. The fraction of sp³-hybridized carbons (Fsp3) is 0.400. The number of rotatable bonds is 5. The monoisotopic (exact) mass is 450 g/mol. The van der Waals surface area contributed by atoms with Gasteiger partial charge in [0.05, 0.1) is 6.10 Å². The first-order chi connectivity index (χ1) is 15.9. The number of likely N-dealkylation sites (tertiary alicyclic amines) is 1. The number of benzene rings is 2. The van der Waals surface area contributed by atoms with Crippen LogP contribution in [0.5, 0.6) is 0 Å². The second-order valence-electron chi connectivity index (χ2n) is 9.09. The maximum atomic E-state index is 13.2. The largest absolute Gasteiger partial charge is 0.480 e. The SMILES string of the molecule is O=C(NC1(C(=O)N2C[C@H](O)C[C@@H]2C(=O)O)CCC1)OCC1c2ccccc2-c2ccccc21. The lowest BCUT2D eigenvalue weighted by molar-refractivity contribution is -0.153. The summed E-state index contributed by atoms with van der Waals surface area (Å²) >= 11 is 0. The van der Waals surface area contributed by atoms with Crippen LogP contribution in [-0.4, -0.2) is 63.9 Å². The smallest absolute Gasteiger partial charge is 0.408 e. The molecule has 0 unspecified atom stereocenters. The highest BCUT2D eigenvalue weighted by molar-refractivity contribution is 5.94. The van der Waals surface area contributed by atoms with Gasteiger partial charge >= 0.3 is 12.1 Å². The second-order valence-corrected chi connectivity index (χ2v) is 9.09. The van der Waals surface area contributed by atoms with E-state index in [1.54, 1.807) is 0 Å². The van der Waals surface area contributed by atoms with Crippen LogP contribution in [0.3, 0.4) is 0 Å². The van der Waals surface area contributed by atoms with Crippen molar-refractivity contribution in [2.24, 2.45) is 0 Å². The summed E-state index contributed by atoms with van der Waals surface area (Å²) < 4.78 is 5.59. The molecule has 0 aromatic heterocycles. The molecule has 2 atom stereocenters. The van der Waals surface area contributed by atoms with Crippen molar-refractivity contribution in [3.05, 3.63) is 59.7 Å². The zero-order chi connectivity index (χ0) is 23.2. The molecule has 0 bridgehead atoms. The Morgan fingerprint density at radius 3 is 2.18 bits per heavy atom. The van der Waals surface area contributed by atoms with Gasteiger partial charge in [-0.15, -0.1) is 0 Å². The number of ether oxygens (including phenoxy) is 1. The molecule has 1 saturated carbocycles. The van der Waals surface area contributed by atoms with Crippen LogP contribution in [0.4, 0.5) is 4.79 Å². The van der Waals surface area contributed by atoms with Crippen molar-refractivity contribution in [3.8, 4) is 11.1 Å². The highest BCUT2D eigenvalue weighted by atomic mass is 16.5. The first-order valence-corrected chi connectivity index (χ1v) is 11.2. The van der Waals surface area contributed by atoms with E-state index in [2.05, 4.69) is 17.4 Å². The van der Waals surface area contributed by atoms with Crippen LogP contribution in [0.1, 0.15) is 42.7 Å². The minimum absolute atomic E-state index is 0.0118. The van der Waals surface area contributed by atoms with Crippen LogP contribution in [-0.2, 0) is 14.3 Å². The summed E-state index contributed by atoms with van der Waals surface area (Å²) in [7, 11) is 0. The molecule has 3 aliphatic rings. The van der Waals surface area contributed by atoms with E-state index in [0.29, 0.717) is 12.8 Å². The van der Waals surface area contributed by atoms with Gasteiger partial charge in [0, 0.05) is 18.9 Å². The van der Waals surface area contributed by atoms with Crippen molar-refractivity contribution >= 4 is 18.0 Å². The average molecular weight is 450 g/mol. The van der Waals surface area contributed by atoms with Gasteiger partial charge < -0.3 is 25.2 Å². The topological polar surface area (TPSA) is 116 Å². The van der Waals surface area contributed by atoms with E-state index < -0.39 is 35.7 Å². The van der Waals surface area contributed by atoms with Crippen molar-refractivity contribution in [1.82, 2.24) is 10.2 Å². The number of carboxylic acid groups (broad SMARTS) is 1. The van der Waals surface area contributed by atoms with Crippen LogP contribution in [0.2, 0.25) is 0 Å². The maximum Gasteiger partial charge on any atom is 0.408 e. The lowest BCUT2D eigenvalue weighted by atomic mass is 9.75. The molecular weight excluding hydrogens is 424 g/mol. The molecule has 0 spiro atoms. The molecule has 2 aromatic rings. The Bertz CT molecular complexity index is 1070. The van der Waals surface area contributed by atoms with Crippen LogP contribution in [0.15, 0.2) is 48.5 Å². The highest BCUT2D eigenvalue weighted by Crippen LogP contribution is 2.44. The number of nitrogens with one attached hydrogen (secondary N) is 1. The number of aliphatic hydroxyl groups is 1. The third-order valence-corrected chi connectivity index (χ3v) is 7.13. The van der Waals surface area contributed by atoms with E-state index in [4.69, 9.17) is 4.74 Å². The molecule has 0 radical (unpaired) electrons. The van der Waals surface area contributed by atoms with E-state index in [1.165, 1.54) is 4.90 Å². The number of hydrogen-bond donors (Lipinski definition) is 3. The number of fused-ring (bicyclic) bond motifs is 3. The van der Waals surface area contributed by atoms with Crippen molar-refractivity contribution in [2.75, 3.05) is 13.2 Å². The summed E-state index contributed by atoms with van der Waals surface area (Å²) in [5.41, 5.74) is 3.26. The molecule has 172 valence electrons. The van der Waals surface area contributed by atoms with Gasteiger partial charge in [-0.1, -0.05) is 48.5 Å². The Morgan fingerprint density at radius 1 is 1.03 bits per heavy atom. The number of nitrogens with zero attached hydrogens (tertiary/aromatic N) is 1. The van der Waals surface area contributed by atoms with E-state index in [-0.39, 0.29) is 25.5 Å². The van der Waals surface area contributed by atoms with Crippen LogP contribution >= 0.6 is 0 Å². The van der Waals surface area contributed by atoms with E-state index in [0.717, 1.165) is 28.7 Å². The Hall–Kier alpha value is -3.39. The number of amides is 2. The standard InChI is InChI=1S/C25H26N2O6/c28-15-12-21(22(29)30)27(13-15)23(31)25(10-5-11-25)26-24(32)33-14-20-18-8-3-1-6-16(18)17-7-2-4-9-19(17)20/h1-4,6-9,15,20-21,28H,5,10-14H2,(H,26,32)(H,29,30)/t15-,21-/m1/s1. The molecule has 8 heteroatoms. The van der Waals surface area contributed by atoms with Crippen LogP contribution in [0, 0.1) is 0 Å². The van der Waals surface area contributed by atoms with Crippen molar-refractivity contribution in [2.45, 2.75) is 49.3 Å². The number of aliphatic carboxylic acids is 1. The van der Waals surface area contributed by atoms with Gasteiger partial charge in [0.1, 0.15) is 18.2 Å². The predicted octanol–water partition coefficient (Wildman–Crippen LogP) is 2.49. The summed E-state index contributed by atoms with van der Waals surface area (Å²) in [6.45, 7) is 0.0776. The molecule has 2 fully saturated rings. The first kappa shape index (κ1) is 21.5. The van der Waals surface area contributed by atoms with Gasteiger partial charge in [-0.25, -0.2) is 9.59 Å². The average Bonchev–Trinajstić information content (AvgIpc) is 3.33. The second kappa shape index (κ2) is 8.19. The van der Waals surface area contributed by atoms with Gasteiger partial charge in [0.2, 0.25) is 5.91 Å². The number of carbonyl (C=O) groups is 3. The molecular formula is C25H26N2O6. The molecule has 1 heterocycles. The van der Waals surface area contributed by atoms with Crippen molar-refractivity contribution in [3.63, 3.8) is 0 Å². The summed E-state index contributed by atoms with van der Waals surface area (Å²) in [4.78, 5) is 38.7. The van der Waals surface area contributed by atoms with E-state index in [1.807, 2.05) is 36.4 Å². The molecule has 5 rings (SSSR count). The maximum absolute atomic E-state index is 13.2. The van der Waals surface area contributed by atoms with Gasteiger partial charge in [-0.3, -0.25) is 4.79 Å². The van der Waals surface area contributed by atoms with Gasteiger partial charge in [0.15, 0.2) is 0 Å². The molecule has 1 aliphatic heterocycles. The number of β-amino-alcohol motifs (C(OH)–C–C–N with tert-alkyl or cyclic N) is 1. The molecule has 2 aromatic carbocycles. The lowest BCUT2D eigenvalue weighted by Crippen LogP contribution is -2.64. The van der Waals surface area contributed by atoms with Gasteiger partial charge in [-0.2, -0.15) is 0 Å². The summed E-state index contributed by atoms with van der Waals surface area (Å²) in [6, 6.07) is 15.0. The summed E-state index contributed by atoms with van der Waals surface area (Å²) in [6.07, 6.45) is -0.0339. The zero-order valence-corrected chi connectivity index (χ0v) is 18.1. The minimum atomic E-state index is -1.18. The quantitative estimate of drug-likeness (QED) is 0.645. The van der Waals surface area contributed by atoms with E-state index >= 15 is 0 Å². The normalized spacial score (nSPS) is 22.8. The Kier molecular flexibility index (Phi) is 5.32. The van der Waals surface area contributed by atoms with Crippen LogP contribution < -0.4 is 5.32 Å². The predicted molar refractivity (Wildman–Crippen MR) is 119 cm³/mol. The summed E-state index contributed by atoms with van der Waals surface area (Å²) in [5.74, 6) is -1.72. The van der Waals surface area contributed by atoms with Crippen LogP contribution in [0.25, 0.3) is 11.1 Å². The number of alkyl carbamates (subject to hydrolysis) is 1. The molecule has 1 saturated heterocycles. The van der Waals surface area contributed by atoms with Gasteiger partial charge in [0.25, 0.3) is 0 Å². The fourth-order valence-corrected chi connectivity index (χ4v) is 5.30. The number of carbonyl (C=O) groups excluding carboxylic acids is 2. The van der Waals surface area contributed by atoms with Gasteiger partial charge in [-0.05, 0) is 41.5 Å². The molecule has 2 aliphatic carbocycles. The highest BCUT2D eigenvalue weighted by Gasteiger charge is 2.52. The summed E-state index contributed by atoms with van der Waals surface area (Å²) in [5, 5.41) is 22.1. The molecule has 3 N–H and O–H groups in total. The Morgan fingerprint density at radius 2 is 1.64 bits per heavy atom. The Labute approximate surface area is 191 Å². The van der Waals surface area contributed by atoms with Crippen molar-refractivity contribution in [1.29, 1.82) is 0 Å². The lowest BCUT2D eigenvalue weighted by Gasteiger charge is -2.43. The third-order valence-electron chi connectivity index (χ3n) is 7.13. The molecule has 8 nitrogen and oxygen atoms in total. The number of aliphatic hydroxyl groups excluding tert-OH is 1. The number of hydrogen-bond acceptors (Lipinski definition) is 5. The molecule has 2 amide bonds. The van der Waals surface area contributed by atoms with Crippen molar-refractivity contribution < 1.29 is 29.3 Å². The fourth-order valence-electron chi connectivity index (χ4n) is 5.30. The number of carboxylic acids is 1. The first-order valence-electron chi connectivity index (χ1n) is 11.2. The minimum Gasteiger partial charge on any atom is -0.480 e.